The highest BCUT2D eigenvalue weighted by Gasteiger charge is 2.46. The van der Waals surface area contributed by atoms with Gasteiger partial charge in [0.05, 0.1) is 12.0 Å². The highest BCUT2D eigenvalue weighted by Crippen LogP contribution is 2.41. The monoisotopic (exact) mass is 260 g/mol. The number of rotatable bonds is 2. The van der Waals surface area contributed by atoms with Crippen molar-refractivity contribution in [2.45, 2.75) is 69.1 Å². The lowest BCUT2D eigenvalue weighted by Gasteiger charge is -2.38. The van der Waals surface area contributed by atoms with E-state index in [1.807, 2.05) is 0 Å². The largest absolute Gasteiger partial charge is 0.391 e. The molecule has 0 unspecified atom stereocenters. The van der Waals surface area contributed by atoms with Gasteiger partial charge in [-0.25, -0.2) is 0 Å². The van der Waals surface area contributed by atoms with Crippen LogP contribution in [0.3, 0.4) is 0 Å². The minimum Gasteiger partial charge on any atom is -0.297 e. The van der Waals surface area contributed by atoms with Gasteiger partial charge in [-0.1, -0.05) is 12.8 Å². The van der Waals surface area contributed by atoms with E-state index in [0.29, 0.717) is 18.9 Å². The molecule has 0 aromatic carbocycles. The highest BCUT2D eigenvalue weighted by atomic mass is 19.4. The van der Waals surface area contributed by atoms with E-state index in [0.717, 1.165) is 25.7 Å². The molecule has 2 nitrogen and oxygen atoms in total. The second kappa shape index (κ2) is 5.08. The summed E-state index contributed by atoms with van der Waals surface area (Å²) in [5.41, 5.74) is -0.712. The number of nitriles is 1. The molecule has 0 aromatic heterocycles. The van der Waals surface area contributed by atoms with Crippen LogP contribution in [-0.2, 0) is 0 Å². The number of nitrogens with one attached hydrogen (secondary N) is 1. The zero-order valence-electron chi connectivity index (χ0n) is 10.4. The second-order valence-electron chi connectivity index (χ2n) is 5.64. The molecular formula is C13H19F3N2. The molecule has 18 heavy (non-hydrogen) atoms. The Morgan fingerprint density at radius 1 is 1.06 bits per heavy atom. The summed E-state index contributed by atoms with van der Waals surface area (Å²) in [7, 11) is 0. The summed E-state index contributed by atoms with van der Waals surface area (Å²) < 4.78 is 37.8. The van der Waals surface area contributed by atoms with E-state index in [2.05, 4.69) is 11.4 Å². The summed E-state index contributed by atoms with van der Waals surface area (Å²) in [6.45, 7) is 0. The topological polar surface area (TPSA) is 35.8 Å². The minimum atomic E-state index is -4.10. The van der Waals surface area contributed by atoms with Crippen molar-refractivity contribution in [2.75, 3.05) is 0 Å². The molecule has 0 aliphatic heterocycles. The summed E-state index contributed by atoms with van der Waals surface area (Å²) in [6.07, 6.45) is 1.11. The molecule has 0 spiro atoms. The minimum absolute atomic E-state index is 0.0801. The first kappa shape index (κ1) is 13.7. The fourth-order valence-electron chi connectivity index (χ4n) is 3.19. The molecule has 2 fully saturated rings. The molecule has 0 saturated heterocycles. The van der Waals surface area contributed by atoms with E-state index >= 15 is 0 Å². The molecule has 2 rings (SSSR count). The first-order valence-electron chi connectivity index (χ1n) is 6.71. The maximum atomic E-state index is 12.6. The van der Waals surface area contributed by atoms with Gasteiger partial charge in [-0.2, -0.15) is 18.4 Å². The maximum Gasteiger partial charge on any atom is 0.391 e. The summed E-state index contributed by atoms with van der Waals surface area (Å²) in [5.74, 6) is -1.22. The van der Waals surface area contributed by atoms with Crippen LogP contribution in [0.5, 0.6) is 0 Å². The lowest BCUT2D eigenvalue weighted by Crippen LogP contribution is -2.51. The fraction of sp³-hybridized carbons (Fsp3) is 0.923. The van der Waals surface area contributed by atoms with Gasteiger partial charge in [-0.05, 0) is 38.5 Å². The van der Waals surface area contributed by atoms with E-state index in [1.54, 1.807) is 0 Å². The Balaban J connectivity index is 1.93. The maximum absolute atomic E-state index is 12.6. The van der Waals surface area contributed by atoms with Crippen LogP contribution in [0.15, 0.2) is 0 Å². The molecule has 0 bridgehead atoms. The van der Waals surface area contributed by atoms with Gasteiger partial charge in [-0.3, -0.25) is 5.32 Å². The average molecular weight is 260 g/mol. The predicted octanol–water partition coefficient (Wildman–Crippen LogP) is 3.53. The second-order valence-corrected chi connectivity index (χ2v) is 5.64. The van der Waals surface area contributed by atoms with Gasteiger partial charge in [0, 0.05) is 6.04 Å². The molecule has 102 valence electrons. The van der Waals surface area contributed by atoms with Crippen molar-refractivity contribution in [1.82, 2.24) is 5.32 Å². The molecule has 2 aliphatic rings. The van der Waals surface area contributed by atoms with Crippen LogP contribution in [0.25, 0.3) is 0 Å². The van der Waals surface area contributed by atoms with Gasteiger partial charge in [0.25, 0.3) is 0 Å². The smallest absolute Gasteiger partial charge is 0.297 e. The first-order valence-corrected chi connectivity index (χ1v) is 6.71. The summed E-state index contributed by atoms with van der Waals surface area (Å²) in [4.78, 5) is 0. The molecule has 2 saturated carbocycles. The number of alkyl halides is 3. The Kier molecular flexibility index (Phi) is 3.86. The predicted molar refractivity (Wildman–Crippen MR) is 61.7 cm³/mol. The van der Waals surface area contributed by atoms with Crippen LogP contribution in [0, 0.1) is 17.2 Å². The van der Waals surface area contributed by atoms with Gasteiger partial charge in [0.15, 0.2) is 0 Å². The van der Waals surface area contributed by atoms with Crippen molar-refractivity contribution >= 4 is 0 Å². The highest BCUT2D eigenvalue weighted by molar-refractivity contribution is 5.11. The van der Waals surface area contributed by atoms with Gasteiger partial charge in [0.1, 0.15) is 5.54 Å². The third-order valence-electron chi connectivity index (χ3n) is 4.35. The molecular weight excluding hydrogens is 241 g/mol. The zero-order valence-corrected chi connectivity index (χ0v) is 10.4. The summed E-state index contributed by atoms with van der Waals surface area (Å²) >= 11 is 0. The van der Waals surface area contributed by atoms with E-state index < -0.39 is 17.6 Å². The molecule has 0 aromatic rings. The molecule has 2 aliphatic carbocycles. The summed E-state index contributed by atoms with van der Waals surface area (Å²) in [5, 5.41) is 12.6. The van der Waals surface area contributed by atoms with E-state index in [1.165, 1.54) is 0 Å². The van der Waals surface area contributed by atoms with Crippen molar-refractivity contribution in [3.63, 3.8) is 0 Å². The van der Waals surface area contributed by atoms with E-state index in [-0.39, 0.29) is 12.8 Å². The fourth-order valence-corrected chi connectivity index (χ4v) is 3.19. The number of hydrogen-bond donors (Lipinski definition) is 1. The molecule has 0 radical (unpaired) electrons. The third kappa shape index (κ3) is 2.97. The van der Waals surface area contributed by atoms with Crippen LogP contribution in [0.4, 0.5) is 13.2 Å². The van der Waals surface area contributed by atoms with E-state index in [4.69, 9.17) is 0 Å². The van der Waals surface area contributed by atoms with Crippen molar-refractivity contribution in [2.24, 2.45) is 5.92 Å². The zero-order chi connectivity index (χ0) is 13.2. The van der Waals surface area contributed by atoms with Crippen molar-refractivity contribution in [3.8, 4) is 6.07 Å². The first-order chi connectivity index (χ1) is 8.45. The molecule has 0 amide bonds. The Morgan fingerprint density at radius 3 is 2.06 bits per heavy atom. The van der Waals surface area contributed by atoms with Gasteiger partial charge in [-0.15, -0.1) is 0 Å². The van der Waals surface area contributed by atoms with Crippen LogP contribution < -0.4 is 5.32 Å². The number of nitrogens with zero attached hydrogens (tertiary/aromatic N) is 1. The lowest BCUT2D eigenvalue weighted by atomic mass is 9.76. The molecule has 1 N–H and O–H groups in total. The number of halogens is 3. The normalized spacial score (nSPS) is 34.4. The van der Waals surface area contributed by atoms with Gasteiger partial charge in [0.2, 0.25) is 0 Å². The Labute approximate surface area is 106 Å². The van der Waals surface area contributed by atoms with Crippen molar-refractivity contribution in [1.29, 1.82) is 5.26 Å². The summed E-state index contributed by atoms with van der Waals surface area (Å²) in [6, 6.07) is 2.56. The quantitative estimate of drug-likeness (QED) is 0.824. The Bertz CT molecular complexity index is 318. The van der Waals surface area contributed by atoms with Crippen LogP contribution in [0.1, 0.15) is 51.4 Å². The van der Waals surface area contributed by atoms with Gasteiger partial charge >= 0.3 is 6.18 Å². The third-order valence-corrected chi connectivity index (χ3v) is 4.35. The Hall–Kier alpha value is -0.760. The van der Waals surface area contributed by atoms with Crippen molar-refractivity contribution in [3.05, 3.63) is 0 Å². The van der Waals surface area contributed by atoms with Crippen LogP contribution in [-0.4, -0.2) is 17.8 Å². The van der Waals surface area contributed by atoms with Crippen LogP contribution >= 0.6 is 0 Å². The lowest BCUT2D eigenvalue weighted by molar-refractivity contribution is -0.184. The van der Waals surface area contributed by atoms with E-state index in [9.17, 15) is 18.4 Å². The molecule has 0 heterocycles. The standard InChI is InChI=1S/C13H19F3N2/c14-13(15,16)10-5-7-12(9-17,8-6-10)18-11-3-1-2-4-11/h10-11,18H,1-8H2. The average Bonchev–Trinajstić information content (AvgIpc) is 2.81. The van der Waals surface area contributed by atoms with Gasteiger partial charge < -0.3 is 0 Å². The van der Waals surface area contributed by atoms with Crippen molar-refractivity contribution < 1.29 is 13.2 Å². The SMILES string of the molecule is N#CC1(NC2CCCC2)CCC(C(F)(F)F)CC1. The number of hydrogen-bond acceptors (Lipinski definition) is 2. The van der Waals surface area contributed by atoms with Crippen LogP contribution in [0.2, 0.25) is 0 Å². The Morgan fingerprint density at radius 2 is 1.61 bits per heavy atom. The molecule has 5 heteroatoms. The molecule has 0 atom stereocenters.